The molecule has 1 aromatic rings. The lowest BCUT2D eigenvalue weighted by Crippen LogP contribution is -2.09. The van der Waals surface area contributed by atoms with Gasteiger partial charge in [-0.15, -0.1) is 0 Å². The van der Waals surface area contributed by atoms with Crippen molar-refractivity contribution in [3.8, 4) is 0 Å². The van der Waals surface area contributed by atoms with Crippen LogP contribution in [0.4, 0.5) is 0 Å². The van der Waals surface area contributed by atoms with Gasteiger partial charge in [0.2, 0.25) is 0 Å². The van der Waals surface area contributed by atoms with Crippen LogP contribution >= 0.6 is 0 Å². The van der Waals surface area contributed by atoms with Gasteiger partial charge in [0.15, 0.2) is 0 Å². The number of hydrogen-bond donors (Lipinski definition) is 1. The molecule has 3 nitrogen and oxygen atoms in total. The number of hydrogen-bond acceptors (Lipinski definition) is 2. The fourth-order valence-corrected chi connectivity index (χ4v) is 1.18. The predicted octanol–water partition coefficient (Wildman–Crippen LogP) is 0.401. The number of imidazole rings is 1. The molecule has 1 saturated carbocycles. The molecule has 1 aliphatic carbocycles. The Bertz CT molecular complexity index is 250. The summed E-state index contributed by atoms with van der Waals surface area (Å²) in [4.78, 5) is 3.93. The van der Waals surface area contributed by atoms with Crippen LogP contribution in [-0.4, -0.2) is 14.7 Å². The fraction of sp³-hybridized carbons (Fsp3) is 0.571. The van der Waals surface area contributed by atoms with Crippen molar-refractivity contribution in [3.63, 3.8) is 0 Å². The van der Waals surface area contributed by atoms with Gasteiger partial charge in [-0.05, 0) is 12.8 Å². The zero-order valence-electron chi connectivity index (χ0n) is 5.91. The molecule has 1 heterocycles. The van der Waals surface area contributed by atoms with Crippen LogP contribution in [0.15, 0.2) is 12.5 Å². The van der Waals surface area contributed by atoms with Crippen LogP contribution in [0.2, 0.25) is 0 Å². The number of rotatable bonds is 1. The molecule has 0 aliphatic heterocycles. The molecule has 0 radical (unpaired) electrons. The molecule has 0 spiro atoms. The summed E-state index contributed by atoms with van der Waals surface area (Å²) in [6.45, 7) is 0. The topological polar surface area (TPSA) is 38.0 Å². The Hall–Kier alpha value is -0.830. The normalized spacial score (nSPS) is 21.0. The minimum atomic E-state index is -0.536. The Balaban J connectivity index is 2.42. The molecule has 0 saturated heterocycles. The highest BCUT2D eigenvalue weighted by atomic mass is 16.3. The monoisotopic (exact) mass is 138 g/mol. The van der Waals surface area contributed by atoms with Crippen molar-refractivity contribution in [2.75, 3.05) is 0 Å². The van der Waals surface area contributed by atoms with Gasteiger partial charge in [0.1, 0.15) is 5.60 Å². The molecular formula is C7H10N2O. The predicted molar refractivity (Wildman–Crippen MR) is 36.3 cm³/mol. The molecule has 2 rings (SSSR count). The van der Waals surface area contributed by atoms with Crippen LogP contribution in [-0.2, 0) is 12.6 Å². The first kappa shape index (κ1) is 5.92. The van der Waals surface area contributed by atoms with Gasteiger partial charge in [-0.3, -0.25) is 0 Å². The minimum absolute atomic E-state index is 0.536. The lowest BCUT2D eigenvalue weighted by molar-refractivity contribution is 0.143. The van der Waals surface area contributed by atoms with E-state index in [1.807, 2.05) is 11.6 Å². The zero-order chi connectivity index (χ0) is 7.19. The molecule has 1 aliphatic rings. The Morgan fingerprint density at radius 3 is 2.80 bits per heavy atom. The molecule has 10 heavy (non-hydrogen) atoms. The molecule has 0 unspecified atom stereocenters. The maximum atomic E-state index is 9.61. The third kappa shape index (κ3) is 0.671. The average Bonchev–Trinajstić information content (AvgIpc) is 2.44. The summed E-state index contributed by atoms with van der Waals surface area (Å²) in [6.07, 6.45) is 5.21. The first-order chi connectivity index (χ1) is 4.72. The fourth-order valence-electron chi connectivity index (χ4n) is 1.18. The molecule has 1 N–H and O–H groups in total. The van der Waals surface area contributed by atoms with Crippen molar-refractivity contribution in [3.05, 3.63) is 18.2 Å². The maximum Gasteiger partial charge on any atom is 0.106 e. The summed E-state index contributed by atoms with van der Waals surface area (Å²) in [5.41, 5.74) is 0.401. The Morgan fingerprint density at radius 1 is 1.70 bits per heavy atom. The van der Waals surface area contributed by atoms with E-state index in [2.05, 4.69) is 4.98 Å². The van der Waals surface area contributed by atoms with E-state index < -0.39 is 5.60 Å². The SMILES string of the molecule is Cn1cncc1C1(O)CC1. The quantitative estimate of drug-likeness (QED) is 0.610. The van der Waals surface area contributed by atoms with Crippen molar-refractivity contribution in [1.29, 1.82) is 0 Å². The maximum absolute atomic E-state index is 9.61. The van der Waals surface area contributed by atoms with Crippen LogP contribution < -0.4 is 0 Å². The van der Waals surface area contributed by atoms with Gasteiger partial charge < -0.3 is 9.67 Å². The molecule has 3 heteroatoms. The number of aliphatic hydroxyl groups is 1. The van der Waals surface area contributed by atoms with Crippen LogP contribution in [0, 0.1) is 0 Å². The number of aryl methyl sites for hydroxylation is 1. The van der Waals surface area contributed by atoms with Crippen molar-refractivity contribution in [2.45, 2.75) is 18.4 Å². The highest BCUT2D eigenvalue weighted by Gasteiger charge is 2.44. The van der Waals surface area contributed by atoms with Gasteiger partial charge in [0.05, 0.1) is 18.2 Å². The van der Waals surface area contributed by atoms with Gasteiger partial charge in [-0.1, -0.05) is 0 Å². The molecule has 0 amide bonds. The third-order valence-corrected chi connectivity index (χ3v) is 2.02. The van der Waals surface area contributed by atoms with Crippen molar-refractivity contribution >= 4 is 0 Å². The third-order valence-electron chi connectivity index (χ3n) is 2.02. The summed E-state index contributed by atoms with van der Waals surface area (Å²) in [7, 11) is 1.90. The summed E-state index contributed by atoms with van der Waals surface area (Å²) in [5.74, 6) is 0. The molecule has 54 valence electrons. The largest absolute Gasteiger partial charge is 0.384 e. The number of aromatic nitrogens is 2. The molecule has 0 atom stereocenters. The molecule has 1 aromatic heterocycles. The van der Waals surface area contributed by atoms with Gasteiger partial charge in [-0.25, -0.2) is 4.98 Å². The summed E-state index contributed by atoms with van der Waals surface area (Å²) in [5, 5.41) is 9.61. The highest BCUT2D eigenvalue weighted by molar-refractivity contribution is 5.17. The minimum Gasteiger partial charge on any atom is -0.384 e. The van der Waals surface area contributed by atoms with E-state index in [9.17, 15) is 5.11 Å². The van der Waals surface area contributed by atoms with Crippen LogP contribution in [0.1, 0.15) is 18.5 Å². The van der Waals surface area contributed by atoms with E-state index in [4.69, 9.17) is 0 Å². The van der Waals surface area contributed by atoms with E-state index in [1.165, 1.54) is 0 Å². The van der Waals surface area contributed by atoms with Crippen molar-refractivity contribution < 1.29 is 5.11 Å². The molecule has 1 fully saturated rings. The number of nitrogens with zero attached hydrogens (tertiary/aromatic N) is 2. The standard InChI is InChI=1S/C7H10N2O/c1-9-5-8-4-6(9)7(10)2-3-7/h4-5,10H,2-3H2,1H3. The van der Waals surface area contributed by atoms with E-state index in [-0.39, 0.29) is 0 Å². The lowest BCUT2D eigenvalue weighted by Gasteiger charge is -2.06. The Morgan fingerprint density at radius 2 is 2.40 bits per heavy atom. The van der Waals surface area contributed by atoms with Crippen LogP contribution in [0.25, 0.3) is 0 Å². The van der Waals surface area contributed by atoms with Crippen molar-refractivity contribution in [1.82, 2.24) is 9.55 Å². The van der Waals surface area contributed by atoms with Crippen LogP contribution in [0.3, 0.4) is 0 Å². The van der Waals surface area contributed by atoms with E-state index in [0.29, 0.717) is 0 Å². The van der Waals surface area contributed by atoms with Gasteiger partial charge >= 0.3 is 0 Å². The summed E-state index contributed by atoms with van der Waals surface area (Å²) >= 11 is 0. The molecular weight excluding hydrogens is 128 g/mol. The Labute approximate surface area is 59.3 Å². The second kappa shape index (κ2) is 1.61. The second-order valence-electron chi connectivity index (χ2n) is 2.92. The lowest BCUT2D eigenvalue weighted by atomic mass is 10.2. The summed E-state index contributed by atoms with van der Waals surface area (Å²) in [6, 6.07) is 0. The van der Waals surface area contributed by atoms with Gasteiger partial charge in [-0.2, -0.15) is 0 Å². The van der Waals surface area contributed by atoms with Crippen LogP contribution in [0.5, 0.6) is 0 Å². The average molecular weight is 138 g/mol. The van der Waals surface area contributed by atoms with Gasteiger partial charge in [0.25, 0.3) is 0 Å². The van der Waals surface area contributed by atoms with E-state index in [1.54, 1.807) is 12.5 Å². The zero-order valence-corrected chi connectivity index (χ0v) is 5.91. The van der Waals surface area contributed by atoms with E-state index >= 15 is 0 Å². The van der Waals surface area contributed by atoms with E-state index in [0.717, 1.165) is 18.5 Å². The first-order valence-corrected chi connectivity index (χ1v) is 3.41. The molecule has 0 bridgehead atoms. The van der Waals surface area contributed by atoms with Gasteiger partial charge in [0, 0.05) is 7.05 Å². The Kier molecular flexibility index (Phi) is 0.951. The summed E-state index contributed by atoms with van der Waals surface area (Å²) < 4.78 is 1.87. The smallest absolute Gasteiger partial charge is 0.106 e. The van der Waals surface area contributed by atoms with Crippen molar-refractivity contribution in [2.24, 2.45) is 7.05 Å². The first-order valence-electron chi connectivity index (χ1n) is 3.41. The molecule has 0 aromatic carbocycles. The highest BCUT2D eigenvalue weighted by Crippen LogP contribution is 2.44. The second-order valence-corrected chi connectivity index (χ2v) is 2.92.